The van der Waals surface area contributed by atoms with Crippen molar-refractivity contribution in [2.24, 2.45) is 56.7 Å². The van der Waals surface area contributed by atoms with E-state index in [2.05, 4.69) is 34.3 Å². The molecule has 5 saturated carbocycles. The largest absolute Gasteiger partial charge is 0.481 e. The highest BCUT2D eigenvalue weighted by atomic mass is 16.6. The molecule has 2 unspecified atom stereocenters. The van der Waals surface area contributed by atoms with Crippen LogP contribution < -0.4 is 0 Å². The van der Waals surface area contributed by atoms with Gasteiger partial charge in [0, 0.05) is 26.2 Å². The predicted molar refractivity (Wildman–Crippen MR) is 164 cm³/mol. The summed E-state index contributed by atoms with van der Waals surface area (Å²) in [6, 6.07) is 0. The van der Waals surface area contributed by atoms with Crippen molar-refractivity contribution >= 4 is 23.9 Å². The van der Waals surface area contributed by atoms with E-state index >= 15 is 0 Å². The average molecular weight is 615 g/mol. The predicted octanol–water partition coefficient (Wildman–Crippen LogP) is 6.75. The molecule has 246 valence electrons. The third-order valence-corrected chi connectivity index (χ3v) is 14.5. The number of carboxylic acid groups (broad SMARTS) is 1. The van der Waals surface area contributed by atoms with E-state index in [1.54, 1.807) is 0 Å². The van der Waals surface area contributed by atoms with E-state index < -0.39 is 16.8 Å². The number of carbonyl (C=O) groups is 4. The van der Waals surface area contributed by atoms with E-state index in [-0.39, 0.29) is 77.1 Å². The molecule has 44 heavy (non-hydrogen) atoms. The molecule has 1 N–H and O–H groups in total. The van der Waals surface area contributed by atoms with Crippen molar-refractivity contribution in [3.8, 4) is 0 Å². The standard InChI is InChI=1S/C36H54O8/c1-21(19-42-22(2)37)25-11-16-36(31(40)41)18-17-34(7)26(30(25)36)9-10-28-32(5)14-13-29(44-24(4)39)33(6,20-43-23(3)38)27(32)12-15-35(28,34)8/h25-30H,1,9-20H2,2-8H3,(H,40,41)/t25-,26?,27+,28+,29?,30+,32-,33-,34+,35+,36-/m0/s1. The average Bonchev–Trinajstić information content (AvgIpc) is 3.34. The zero-order valence-corrected chi connectivity index (χ0v) is 28.0. The number of aliphatic carboxylic acids is 1. The van der Waals surface area contributed by atoms with Gasteiger partial charge in [-0.3, -0.25) is 19.2 Å². The minimum Gasteiger partial charge on any atom is -0.481 e. The van der Waals surface area contributed by atoms with Gasteiger partial charge < -0.3 is 19.3 Å². The Balaban J connectivity index is 1.51. The van der Waals surface area contributed by atoms with E-state index in [0.717, 1.165) is 56.9 Å². The lowest BCUT2D eigenvalue weighted by Crippen LogP contribution is -2.68. The van der Waals surface area contributed by atoms with E-state index in [9.17, 15) is 24.3 Å². The van der Waals surface area contributed by atoms with Gasteiger partial charge in [-0.05, 0) is 116 Å². The molecule has 0 heterocycles. The number of ether oxygens (including phenoxy) is 3. The first-order valence-corrected chi connectivity index (χ1v) is 16.8. The van der Waals surface area contributed by atoms with Gasteiger partial charge in [-0.1, -0.05) is 34.3 Å². The summed E-state index contributed by atoms with van der Waals surface area (Å²) < 4.78 is 17.0. The normalized spacial score (nSPS) is 45.9. The first-order valence-electron chi connectivity index (χ1n) is 16.8. The Morgan fingerprint density at radius 1 is 0.750 bits per heavy atom. The molecular formula is C36H54O8. The minimum absolute atomic E-state index is 0.00714. The van der Waals surface area contributed by atoms with Crippen LogP contribution >= 0.6 is 0 Å². The molecule has 11 atom stereocenters. The molecule has 0 aromatic rings. The highest BCUT2D eigenvalue weighted by molar-refractivity contribution is 5.76. The summed E-state index contributed by atoms with van der Waals surface area (Å²) in [6.07, 6.45) is 8.27. The molecule has 0 bridgehead atoms. The molecule has 0 aliphatic heterocycles. The fourth-order valence-corrected chi connectivity index (χ4v) is 12.4. The SMILES string of the molecule is C=C(COC(C)=O)[C@@H]1CC[C@]2(C(=O)O)CC[C@]3(C)C(CC[C@@H]4[C@@]5(C)CCC(OC(C)=O)[C@@](C)(COC(C)=O)[C@@H]5CC[C@]43C)[C@@H]12. The van der Waals surface area contributed by atoms with Crippen LogP contribution in [0.2, 0.25) is 0 Å². The van der Waals surface area contributed by atoms with Crippen LogP contribution in [0.4, 0.5) is 0 Å². The Morgan fingerprint density at radius 3 is 2.05 bits per heavy atom. The van der Waals surface area contributed by atoms with Gasteiger partial charge >= 0.3 is 23.9 Å². The Morgan fingerprint density at radius 2 is 1.43 bits per heavy atom. The van der Waals surface area contributed by atoms with Crippen LogP contribution in [0, 0.1) is 56.7 Å². The smallest absolute Gasteiger partial charge is 0.309 e. The first-order chi connectivity index (χ1) is 20.5. The van der Waals surface area contributed by atoms with Crippen LogP contribution in [0.25, 0.3) is 0 Å². The second-order valence-corrected chi connectivity index (χ2v) is 16.2. The summed E-state index contributed by atoms with van der Waals surface area (Å²) in [5.74, 6) is -0.787. The van der Waals surface area contributed by atoms with Gasteiger partial charge in [0.15, 0.2) is 0 Å². The maximum atomic E-state index is 13.1. The van der Waals surface area contributed by atoms with Gasteiger partial charge in [0.05, 0.1) is 5.41 Å². The lowest BCUT2D eigenvalue weighted by Gasteiger charge is -2.72. The van der Waals surface area contributed by atoms with Crippen molar-refractivity contribution in [3.05, 3.63) is 12.2 Å². The Bertz CT molecular complexity index is 1230. The lowest BCUT2D eigenvalue weighted by molar-refractivity contribution is -0.257. The van der Waals surface area contributed by atoms with Crippen LogP contribution in [-0.4, -0.2) is 48.3 Å². The molecule has 8 heteroatoms. The topological polar surface area (TPSA) is 116 Å². The van der Waals surface area contributed by atoms with E-state index in [0.29, 0.717) is 18.8 Å². The first kappa shape index (κ1) is 33.0. The Labute approximate surface area is 263 Å². The number of carboxylic acids is 1. The fourth-order valence-electron chi connectivity index (χ4n) is 12.4. The van der Waals surface area contributed by atoms with Gasteiger partial charge in [0.2, 0.25) is 0 Å². The van der Waals surface area contributed by atoms with Crippen molar-refractivity contribution in [1.29, 1.82) is 0 Å². The van der Waals surface area contributed by atoms with Gasteiger partial charge in [0.1, 0.15) is 19.3 Å². The zero-order chi connectivity index (χ0) is 32.5. The molecule has 5 aliphatic carbocycles. The highest BCUT2D eigenvalue weighted by Gasteiger charge is 2.72. The molecule has 0 saturated heterocycles. The van der Waals surface area contributed by atoms with Crippen LogP contribution in [0.5, 0.6) is 0 Å². The Hall–Kier alpha value is -2.38. The zero-order valence-electron chi connectivity index (χ0n) is 28.0. The quantitative estimate of drug-likeness (QED) is 0.190. The molecule has 0 aromatic carbocycles. The second-order valence-electron chi connectivity index (χ2n) is 16.2. The summed E-state index contributed by atoms with van der Waals surface area (Å²) in [6.45, 7) is 18.5. The van der Waals surface area contributed by atoms with Crippen LogP contribution in [0.1, 0.15) is 113 Å². The van der Waals surface area contributed by atoms with E-state index in [1.807, 2.05) is 0 Å². The number of hydrogen-bond donors (Lipinski definition) is 1. The molecule has 8 nitrogen and oxygen atoms in total. The van der Waals surface area contributed by atoms with Crippen molar-refractivity contribution in [2.75, 3.05) is 13.2 Å². The van der Waals surface area contributed by atoms with E-state index in [1.165, 1.54) is 20.8 Å². The maximum absolute atomic E-state index is 13.1. The van der Waals surface area contributed by atoms with Crippen LogP contribution in [0.15, 0.2) is 12.2 Å². The third-order valence-electron chi connectivity index (χ3n) is 14.5. The number of rotatable bonds is 7. The number of carbonyl (C=O) groups excluding carboxylic acids is 3. The molecule has 0 aromatic heterocycles. The molecule has 0 radical (unpaired) electrons. The van der Waals surface area contributed by atoms with Crippen LogP contribution in [0.3, 0.4) is 0 Å². The molecule has 5 aliphatic rings. The van der Waals surface area contributed by atoms with Crippen molar-refractivity contribution in [3.63, 3.8) is 0 Å². The van der Waals surface area contributed by atoms with Crippen LogP contribution in [-0.2, 0) is 33.4 Å². The summed E-state index contributed by atoms with van der Waals surface area (Å²) in [5, 5.41) is 10.7. The van der Waals surface area contributed by atoms with Gasteiger partial charge in [-0.2, -0.15) is 0 Å². The van der Waals surface area contributed by atoms with Crippen molar-refractivity contribution in [1.82, 2.24) is 0 Å². The van der Waals surface area contributed by atoms with Gasteiger partial charge in [-0.15, -0.1) is 0 Å². The molecule has 5 rings (SSSR count). The summed E-state index contributed by atoms with van der Waals surface area (Å²) in [4.78, 5) is 48.9. The van der Waals surface area contributed by atoms with Crippen molar-refractivity contribution < 1.29 is 38.5 Å². The summed E-state index contributed by atoms with van der Waals surface area (Å²) >= 11 is 0. The summed E-state index contributed by atoms with van der Waals surface area (Å²) in [5.41, 5.74) is -0.501. The number of hydrogen-bond acceptors (Lipinski definition) is 7. The van der Waals surface area contributed by atoms with E-state index in [4.69, 9.17) is 14.2 Å². The van der Waals surface area contributed by atoms with Gasteiger partial charge in [-0.25, -0.2) is 0 Å². The monoisotopic (exact) mass is 614 g/mol. The Kier molecular flexibility index (Phi) is 8.36. The number of esters is 3. The maximum Gasteiger partial charge on any atom is 0.309 e. The second kappa shape index (κ2) is 11.2. The molecule has 0 amide bonds. The highest BCUT2D eigenvalue weighted by Crippen LogP contribution is 2.77. The van der Waals surface area contributed by atoms with Crippen molar-refractivity contribution in [2.45, 2.75) is 119 Å². The minimum atomic E-state index is -0.761. The fraction of sp³-hybridized carbons (Fsp3) is 0.833. The third kappa shape index (κ3) is 4.74. The lowest BCUT2D eigenvalue weighted by atomic mass is 9.32. The van der Waals surface area contributed by atoms with Gasteiger partial charge in [0.25, 0.3) is 0 Å². The summed E-state index contributed by atoms with van der Waals surface area (Å²) in [7, 11) is 0. The molecular weight excluding hydrogens is 560 g/mol. The number of fused-ring (bicyclic) bond motifs is 7. The molecule has 0 spiro atoms. The molecule has 5 fully saturated rings.